The standard InChI is InChI=1S/C34H27N3O2S/c1-2-39-27-19-17-26(18-20-27)36-30(23-11-5-3-6-12-23)21-25(32(36)24-13-7-4-8-14-24)22-31-33(38)37-29-16-10-9-15-28(29)35-34(37)40-31/h3-22,34-35H,2H2,1H3/b31-22-/t34-/m1/s1. The molecule has 1 atom stereocenters. The Hall–Kier alpha value is -4.68. The molecule has 5 nitrogen and oxygen atoms in total. The minimum atomic E-state index is -0.141. The van der Waals surface area contributed by atoms with Crippen molar-refractivity contribution in [1.29, 1.82) is 0 Å². The van der Waals surface area contributed by atoms with Crippen molar-refractivity contribution in [2.45, 2.75) is 12.4 Å². The summed E-state index contributed by atoms with van der Waals surface area (Å²) in [6.45, 7) is 2.61. The van der Waals surface area contributed by atoms with Gasteiger partial charge in [-0.2, -0.15) is 0 Å². The Morgan fingerprint density at radius 1 is 0.850 bits per heavy atom. The van der Waals surface area contributed by atoms with Gasteiger partial charge in [0.1, 0.15) is 5.75 Å². The highest BCUT2D eigenvalue weighted by atomic mass is 32.2. The maximum atomic E-state index is 13.7. The molecule has 0 aliphatic carbocycles. The van der Waals surface area contributed by atoms with E-state index >= 15 is 0 Å². The van der Waals surface area contributed by atoms with Crippen LogP contribution < -0.4 is 15.0 Å². The average molecular weight is 542 g/mol. The van der Waals surface area contributed by atoms with Gasteiger partial charge in [0.25, 0.3) is 5.91 Å². The van der Waals surface area contributed by atoms with Crippen molar-refractivity contribution in [2.24, 2.45) is 0 Å². The van der Waals surface area contributed by atoms with Gasteiger partial charge in [-0.15, -0.1) is 0 Å². The molecule has 40 heavy (non-hydrogen) atoms. The number of hydrogen-bond acceptors (Lipinski definition) is 4. The van der Waals surface area contributed by atoms with Gasteiger partial charge in [-0.3, -0.25) is 9.69 Å². The van der Waals surface area contributed by atoms with Crippen LogP contribution in [0.15, 0.2) is 120 Å². The Balaban J connectivity index is 1.41. The van der Waals surface area contributed by atoms with E-state index in [4.69, 9.17) is 4.74 Å². The van der Waals surface area contributed by atoms with Gasteiger partial charge in [-0.25, -0.2) is 0 Å². The van der Waals surface area contributed by atoms with Gasteiger partial charge in [0.2, 0.25) is 0 Å². The molecule has 1 N–H and O–H groups in total. The quantitative estimate of drug-likeness (QED) is 0.221. The van der Waals surface area contributed by atoms with Gasteiger partial charge in [-0.1, -0.05) is 84.6 Å². The van der Waals surface area contributed by atoms with Crippen LogP contribution in [0.2, 0.25) is 0 Å². The van der Waals surface area contributed by atoms with Crippen molar-refractivity contribution in [3.05, 3.63) is 126 Å². The zero-order valence-electron chi connectivity index (χ0n) is 22.0. The lowest BCUT2D eigenvalue weighted by molar-refractivity contribution is -0.114. The molecular weight excluding hydrogens is 514 g/mol. The fourth-order valence-corrected chi connectivity index (χ4v) is 6.57. The van der Waals surface area contributed by atoms with Crippen LogP contribution in [0.25, 0.3) is 34.3 Å². The van der Waals surface area contributed by atoms with Gasteiger partial charge in [0, 0.05) is 11.3 Å². The van der Waals surface area contributed by atoms with Crippen molar-refractivity contribution < 1.29 is 9.53 Å². The topological polar surface area (TPSA) is 46.5 Å². The summed E-state index contributed by atoms with van der Waals surface area (Å²) in [6.07, 6.45) is 2.05. The lowest BCUT2D eigenvalue weighted by atomic mass is 10.1. The number of para-hydroxylation sites is 2. The van der Waals surface area contributed by atoms with Crippen LogP contribution in [0.3, 0.4) is 0 Å². The Morgan fingerprint density at radius 3 is 2.25 bits per heavy atom. The van der Waals surface area contributed by atoms with Gasteiger partial charge in [0.05, 0.1) is 34.3 Å². The monoisotopic (exact) mass is 541 g/mol. The molecule has 1 amide bonds. The number of benzene rings is 4. The number of ether oxygens (including phenoxy) is 1. The summed E-state index contributed by atoms with van der Waals surface area (Å²) < 4.78 is 8.01. The summed E-state index contributed by atoms with van der Waals surface area (Å²) >= 11 is 1.56. The number of fused-ring (bicyclic) bond motifs is 3. The Bertz CT molecular complexity index is 1730. The average Bonchev–Trinajstić information content (AvgIpc) is 3.65. The normalized spacial score (nSPS) is 16.6. The predicted octanol–water partition coefficient (Wildman–Crippen LogP) is 8.04. The van der Waals surface area contributed by atoms with E-state index in [2.05, 4.69) is 82.7 Å². The molecule has 0 spiro atoms. The van der Waals surface area contributed by atoms with Gasteiger partial charge < -0.3 is 14.6 Å². The second-order valence-electron chi connectivity index (χ2n) is 9.64. The number of amides is 1. The van der Waals surface area contributed by atoms with Crippen LogP contribution in [-0.4, -0.2) is 22.6 Å². The second-order valence-corrected chi connectivity index (χ2v) is 10.8. The summed E-state index contributed by atoms with van der Waals surface area (Å²) in [6, 6.07) is 39.1. The molecule has 5 aromatic rings. The highest BCUT2D eigenvalue weighted by Gasteiger charge is 2.42. The van der Waals surface area contributed by atoms with Crippen molar-refractivity contribution in [2.75, 3.05) is 16.8 Å². The molecular formula is C34H27N3O2S. The molecule has 1 saturated heterocycles. The van der Waals surface area contributed by atoms with Gasteiger partial charge >= 0.3 is 0 Å². The smallest absolute Gasteiger partial charge is 0.267 e. The van der Waals surface area contributed by atoms with Crippen molar-refractivity contribution >= 4 is 35.1 Å². The molecule has 3 heterocycles. The Labute approximate surface area is 237 Å². The van der Waals surface area contributed by atoms with E-state index in [0.717, 1.165) is 50.9 Å². The largest absolute Gasteiger partial charge is 0.494 e. The van der Waals surface area contributed by atoms with E-state index in [1.165, 1.54) is 0 Å². The molecule has 1 aromatic heterocycles. The number of nitrogens with one attached hydrogen (secondary N) is 1. The van der Waals surface area contributed by atoms with Crippen molar-refractivity contribution in [3.8, 4) is 34.0 Å². The molecule has 2 aliphatic rings. The molecule has 0 unspecified atom stereocenters. The summed E-state index contributed by atoms with van der Waals surface area (Å²) in [5.41, 5.74) is 8.04. The molecule has 196 valence electrons. The molecule has 7 rings (SSSR count). The van der Waals surface area contributed by atoms with Crippen LogP contribution >= 0.6 is 11.8 Å². The third-order valence-electron chi connectivity index (χ3n) is 7.18. The second kappa shape index (κ2) is 10.1. The van der Waals surface area contributed by atoms with Crippen LogP contribution in [-0.2, 0) is 4.79 Å². The Morgan fingerprint density at radius 2 is 1.52 bits per heavy atom. The van der Waals surface area contributed by atoms with E-state index in [0.29, 0.717) is 11.5 Å². The van der Waals surface area contributed by atoms with Crippen molar-refractivity contribution in [1.82, 2.24) is 4.57 Å². The number of nitrogens with zero attached hydrogens (tertiary/aromatic N) is 2. The summed E-state index contributed by atoms with van der Waals surface area (Å²) in [5, 5.41) is 3.48. The highest BCUT2D eigenvalue weighted by molar-refractivity contribution is 8.05. The number of carbonyl (C=O) groups excluding carboxylic acids is 1. The first-order valence-electron chi connectivity index (χ1n) is 13.4. The molecule has 0 bridgehead atoms. The molecule has 4 aromatic carbocycles. The SMILES string of the molecule is CCOc1ccc(-n2c(-c3ccccc3)cc(/C=C3\S[C@@H]4Nc5ccccc5N4C3=O)c2-c2ccccc2)cc1. The summed E-state index contributed by atoms with van der Waals surface area (Å²) in [5.74, 6) is 0.853. The highest BCUT2D eigenvalue weighted by Crippen LogP contribution is 2.48. The van der Waals surface area contributed by atoms with Gasteiger partial charge in [0.15, 0.2) is 5.50 Å². The third kappa shape index (κ3) is 4.17. The zero-order chi connectivity index (χ0) is 27.1. The molecule has 0 saturated carbocycles. The lowest BCUT2D eigenvalue weighted by Crippen LogP contribution is -2.31. The first kappa shape index (κ1) is 24.4. The Kier molecular flexibility index (Phi) is 6.17. The van der Waals surface area contributed by atoms with Crippen LogP contribution in [0, 0.1) is 0 Å². The minimum absolute atomic E-state index is 0.0153. The first-order valence-corrected chi connectivity index (χ1v) is 14.3. The van der Waals surface area contributed by atoms with Crippen molar-refractivity contribution in [3.63, 3.8) is 0 Å². The maximum Gasteiger partial charge on any atom is 0.267 e. The van der Waals surface area contributed by atoms with E-state index < -0.39 is 0 Å². The van der Waals surface area contributed by atoms with Crippen LogP contribution in [0.4, 0.5) is 11.4 Å². The number of rotatable bonds is 6. The van der Waals surface area contributed by atoms with Crippen LogP contribution in [0.5, 0.6) is 5.75 Å². The van der Waals surface area contributed by atoms with E-state index in [9.17, 15) is 4.79 Å². The fourth-order valence-electron chi connectivity index (χ4n) is 5.43. The number of aromatic nitrogens is 1. The maximum absolute atomic E-state index is 13.7. The third-order valence-corrected chi connectivity index (χ3v) is 8.28. The number of thioether (sulfide) groups is 1. The minimum Gasteiger partial charge on any atom is -0.494 e. The molecule has 2 aliphatic heterocycles. The number of anilines is 2. The predicted molar refractivity (Wildman–Crippen MR) is 165 cm³/mol. The zero-order valence-corrected chi connectivity index (χ0v) is 22.8. The summed E-state index contributed by atoms with van der Waals surface area (Å²) in [4.78, 5) is 16.3. The first-order chi connectivity index (χ1) is 19.7. The number of carbonyl (C=O) groups is 1. The molecule has 0 radical (unpaired) electrons. The van der Waals surface area contributed by atoms with E-state index in [-0.39, 0.29) is 11.4 Å². The molecule has 1 fully saturated rings. The van der Waals surface area contributed by atoms with Crippen LogP contribution in [0.1, 0.15) is 12.5 Å². The summed E-state index contributed by atoms with van der Waals surface area (Å²) in [7, 11) is 0. The van der Waals surface area contributed by atoms with Gasteiger partial charge in [-0.05, 0) is 66.6 Å². The fraction of sp³-hybridized carbons (Fsp3) is 0.0882. The molecule has 6 heteroatoms. The number of hydrogen-bond donors (Lipinski definition) is 1. The van der Waals surface area contributed by atoms with E-state index in [1.54, 1.807) is 11.8 Å². The van der Waals surface area contributed by atoms with E-state index in [1.807, 2.05) is 60.4 Å². The lowest BCUT2D eigenvalue weighted by Gasteiger charge is -2.16.